The average molecular weight is 463 g/mol. The topological polar surface area (TPSA) is 38.7 Å². The summed E-state index contributed by atoms with van der Waals surface area (Å²) in [5, 5.41) is 9.28. The van der Waals surface area contributed by atoms with Gasteiger partial charge in [0.2, 0.25) is 0 Å². The second-order valence-corrected chi connectivity index (χ2v) is 6.49. The smallest absolute Gasteiger partial charge is 0.174 e. The number of benzene rings is 2. The van der Waals surface area contributed by atoms with Crippen LogP contribution in [0, 0.1) is 3.57 Å². The van der Waals surface area contributed by atoms with Crippen molar-refractivity contribution in [3.63, 3.8) is 0 Å². The molecular weight excluding hydrogens is 447 g/mol. The van der Waals surface area contributed by atoms with Crippen molar-refractivity contribution >= 4 is 38.5 Å². The second-order valence-electron chi connectivity index (χ2n) is 4.41. The Morgan fingerprint density at radius 2 is 1.81 bits per heavy atom. The summed E-state index contributed by atoms with van der Waals surface area (Å²) in [5.74, 6) is 1.39. The van der Waals surface area contributed by atoms with Crippen molar-refractivity contribution in [2.24, 2.45) is 0 Å². The SMILES string of the molecule is CCOc1cc(CO)cc(I)c1OCc1ccc(Br)cc1. The molecule has 0 aliphatic rings. The predicted molar refractivity (Wildman–Crippen MR) is 94.7 cm³/mol. The first-order valence-electron chi connectivity index (χ1n) is 6.57. The number of rotatable bonds is 6. The minimum atomic E-state index is -0.0108. The molecule has 0 saturated heterocycles. The molecule has 0 aliphatic carbocycles. The fourth-order valence-electron chi connectivity index (χ4n) is 1.85. The lowest BCUT2D eigenvalue weighted by Gasteiger charge is -2.15. The van der Waals surface area contributed by atoms with Gasteiger partial charge in [0, 0.05) is 4.47 Å². The van der Waals surface area contributed by atoms with Gasteiger partial charge >= 0.3 is 0 Å². The average Bonchev–Trinajstić information content (AvgIpc) is 2.48. The van der Waals surface area contributed by atoms with Gasteiger partial charge in [-0.2, -0.15) is 0 Å². The lowest BCUT2D eigenvalue weighted by atomic mass is 10.2. The summed E-state index contributed by atoms with van der Waals surface area (Å²) in [7, 11) is 0. The van der Waals surface area contributed by atoms with E-state index in [1.807, 2.05) is 43.3 Å². The number of aliphatic hydroxyl groups is 1. The lowest BCUT2D eigenvalue weighted by Crippen LogP contribution is -2.02. The summed E-state index contributed by atoms with van der Waals surface area (Å²) in [5.41, 5.74) is 1.90. The molecule has 3 nitrogen and oxygen atoms in total. The molecule has 0 radical (unpaired) electrons. The molecule has 0 heterocycles. The van der Waals surface area contributed by atoms with Crippen LogP contribution >= 0.6 is 38.5 Å². The quantitative estimate of drug-likeness (QED) is 0.641. The Kier molecular flexibility index (Phi) is 6.32. The van der Waals surface area contributed by atoms with E-state index < -0.39 is 0 Å². The Bertz CT molecular complexity index is 599. The molecule has 0 aromatic heterocycles. The van der Waals surface area contributed by atoms with Gasteiger partial charge in [-0.3, -0.25) is 0 Å². The van der Waals surface area contributed by atoms with Crippen molar-refractivity contribution in [1.82, 2.24) is 0 Å². The summed E-state index contributed by atoms with van der Waals surface area (Å²) < 4.78 is 13.5. The Labute approximate surface area is 146 Å². The highest BCUT2D eigenvalue weighted by molar-refractivity contribution is 14.1. The van der Waals surface area contributed by atoms with Crippen LogP contribution in [0.25, 0.3) is 0 Å². The van der Waals surface area contributed by atoms with Crippen LogP contribution in [0.2, 0.25) is 0 Å². The third kappa shape index (κ3) is 4.59. The molecule has 2 rings (SSSR count). The Morgan fingerprint density at radius 3 is 2.43 bits per heavy atom. The van der Waals surface area contributed by atoms with Crippen LogP contribution in [0.5, 0.6) is 11.5 Å². The zero-order valence-corrected chi connectivity index (χ0v) is 15.3. The normalized spacial score (nSPS) is 10.5. The number of aliphatic hydroxyl groups excluding tert-OH is 1. The maximum atomic E-state index is 9.28. The summed E-state index contributed by atoms with van der Waals surface area (Å²) in [6, 6.07) is 11.7. The maximum Gasteiger partial charge on any atom is 0.174 e. The molecule has 1 N–H and O–H groups in total. The third-order valence-corrected chi connectivity index (χ3v) is 4.18. The van der Waals surface area contributed by atoms with Crippen LogP contribution in [-0.4, -0.2) is 11.7 Å². The Balaban J connectivity index is 2.19. The van der Waals surface area contributed by atoms with E-state index in [0.29, 0.717) is 19.0 Å². The number of ether oxygens (including phenoxy) is 2. The van der Waals surface area contributed by atoms with E-state index in [4.69, 9.17) is 9.47 Å². The van der Waals surface area contributed by atoms with Crippen LogP contribution in [-0.2, 0) is 13.2 Å². The van der Waals surface area contributed by atoms with Crippen molar-refractivity contribution in [2.45, 2.75) is 20.1 Å². The molecule has 5 heteroatoms. The molecule has 2 aromatic rings. The zero-order valence-electron chi connectivity index (χ0n) is 11.6. The molecule has 0 fully saturated rings. The van der Waals surface area contributed by atoms with Gasteiger partial charge < -0.3 is 14.6 Å². The van der Waals surface area contributed by atoms with E-state index in [9.17, 15) is 5.11 Å². The number of halogens is 2. The summed E-state index contributed by atoms with van der Waals surface area (Å²) in [4.78, 5) is 0. The van der Waals surface area contributed by atoms with Crippen LogP contribution in [0.3, 0.4) is 0 Å². The molecule has 0 unspecified atom stereocenters. The first kappa shape index (κ1) is 16.6. The van der Waals surface area contributed by atoms with Crippen LogP contribution in [0.4, 0.5) is 0 Å². The van der Waals surface area contributed by atoms with Crippen LogP contribution in [0.15, 0.2) is 40.9 Å². The van der Waals surface area contributed by atoms with E-state index in [2.05, 4.69) is 38.5 Å². The van der Waals surface area contributed by atoms with Gasteiger partial charge in [-0.1, -0.05) is 28.1 Å². The number of hydrogen-bond acceptors (Lipinski definition) is 3. The highest BCUT2D eigenvalue weighted by Gasteiger charge is 2.12. The van der Waals surface area contributed by atoms with E-state index >= 15 is 0 Å². The molecule has 0 spiro atoms. The first-order chi connectivity index (χ1) is 10.1. The minimum absolute atomic E-state index is 0.0108. The molecular formula is C16H16BrIO3. The number of hydrogen-bond donors (Lipinski definition) is 1. The third-order valence-electron chi connectivity index (χ3n) is 2.85. The van der Waals surface area contributed by atoms with Crippen molar-refractivity contribution in [3.8, 4) is 11.5 Å². The summed E-state index contributed by atoms with van der Waals surface area (Å²) in [6.07, 6.45) is 0. The first-order valence-corrected chi connectivity index (χ1v) is 8.44. The van der Waals surface area contributed by atoms with Gasteiger partial charge in [0.05, 0.1) is 16.8 Å². The van der Waals surface area contributed by atoms with E-state index in [1.165, 1.54) is 0 Å². The van der Waals surface area contributed by atoms with Gasteiger partial charge in [0.1, 0.15) is 6.61 Å². The van der Waals surface area contributed by atoms with E-state index in [0.717, 1.165) is 24.9 Å². The van der Waals surface area contributed by atoms with Crippen molar-refractivity contribution in [3.05, 3.63) is 55.6 Å². The molecule has 112 valence electrons. The Morgan fingerprint density at radius 1 is 1.10 bits per heavy atom. The summed E-state index contributed by atoms with van der Waals surface area (Å²) >= 11 is 5.61. The molecule has 0 saturated carbocycles. The Hall–Kier alpha value is -0.790. The molecule has 0 atom stereocenters. The largest absolute Gasteiger partial charge is 0.490 e. The molecule has 0 amide bonds. The fraction of sp³-hybridized carbons (Fsp3) is 0.250. The van der Waals surface area contributed by atoms with Crippen molar-refractivity contribution < 1.29 is 14.6 Å². The zero-order chi connectivity index (χ0) is 15.2. The standard InChI is InChI=1S/C16H16BrIO3/c1-2-20-15-8-12(9-19)7-14(18)16(15)21-10-11-3-5-13(17)6-4-11/h3-8,19H,2,9-10H2,1H3. The van der Waals surface area contributed by atoms with Gasteiger partial charge in [-0.15, -0.1) is 0 Å². The fourth-order valence-corrected chi connectivity index (χ4v) is 2.94. The van der Waals surface area contributed by atoms with Gasteiger partial charge in [0.15, 0.2) is 11.5 Å². The van der Waals surface area contributed by atoms with Crippen LogP contribution < -0.4 is 9.47 Å². The van der Waals surface area contributed by atoms with E-state index in [-0.39, 0.29) is 6.61 Å². The summed E-state index contributed by atoms with van der Waals surface area (Å²) in [6.45, 7) is 2.95. The minimum Gasteiger partial charge on any atom is -0.490 e. The van der Waals surface area contributed by atoms with Gasteiger partial charge in [0.25, 0.3) is 0 Å². The lowest BCUT2D eigenvalue weighted by molar-refractivity contribution is 0.262. The highest BCUT2D eigenvalue weighted by atomic mass is 127. The monoisotopic (exact) mass is 462 g/mol. The predicted octanol–water partition coefficient (Wildman–Crippen LogP) is 4.52. The molecule has 0 aliphatic heterocycles. The van der Waals surface area contributed by atoms with Crippen molar-refractivity contribution in [1.29, 1.82) is 0 Å². The molecule has 0 bridgehead atoms. The molecule has 21 heavy (non-hydrogen) atoms. The van der Waals surface area contributed by atoms with E-state index in [1.54, 1.807) is 0 Å². The maximum absolute atomic E-state index is 9.28. The highest BCUT2D eigenvalue weighted by Crippen LogP contribution is 2.35. The second kappa shape index (κ2) is 8.00. The van der Waals surface area contributed by atoms with Gasteiger partial charge in [-0.05, 0) is 64.9 Å². The van der Waals surface area contributed by atoms with Crippen LogP contribution in [0.1, 0.15) is 18.1 Å². The molecule has 2 aromatic carbocycles. The van der Waals surface area contributed by atoms with Gasteiger partial charge in [-0.25, -0.2) is 0 Å². The van der Waals surface area contributed by atoms with Crippen molar-refractivity contribution in [2.75, 3.05) is 6.61 Å².